The quantitative estimate of drug-likeness (QED) is 0.328. The molecule has 29 heavy (non-hydrogen) atoms. The Kier molecular flexibility index (Phi) is 9.86. The second kappa shape index (κ2) is 12.1. The van der Waals surface area contributed by atoms with Gasteiger partial charge in [0, 0.05) is 50.0 Å². The Labute approximate surface area is 194 Å². The number of amides is 1. The number of nitrogens with one attached hydrogen (secondary N) is 1. The number of piperidine rings is 1. The summed E-state index contributed by atoms with van der Waals surface area (Å²) in [6.45, 7) is 5.40. The van der Waals surface area contributed by atoms with Crippen molar-refractivity contribution in [2.45, 2.75) is 32.6 Å². The van der Waals surface area contributed by atoms with Gasteiger partial charge in [-0.25, -0.2) is 4.98 Å². The molecule has 1 fully saturated rings. The summed E-state index contributed by atoms with van der Waals surface area (Å²) in [6.07, 6.45) is 3.39. The van der Waals surface area contributed by atoms with Crippen LogP contribution in [0.15, 0.2) is 40.7 Å². The Morgan fingerprint density at radius 2 is 2.17 bits per heavy atom. The summed E-state index contributed by atoms with van der Waals surface area (Å²) in [5.74, 6) is 1.03. The van der Waals surface area contributed by atoms with Gasteiger partial charge < -0.3 is 16.0 Å². The molecule has 3 N–H and O–H groups in total. The van der Waals surface area contributed by atoms with Crippen molar-refractivity contribution in [3.63, 3.8) is 0 Å². The van der Waals surface area contributed by atoms with E-state index in [-0.39, 0.29) is 29.9 Å². The third-order valence-electron chi connectivity index (χ3n) is 4.85. The predicted molar refractivity (Wildman–Crippen MR) is 131 cm³/mol. The number of likely N-dealkylation sites (tertiary alicyclic amines) is 1. The van der Waals surface area contributed by atoms with E-state index in [2.05, 4.69) is 34.7 Å². The molecule has 158 valence electrons. The molecular weight excluding hydrogens is 497 g/mol. The van der Waals surface area contributed by atoms with Crippen LogP contribution >= 0.6 is 35.3 Å². The molecule has 1 amide bonds. The fraction of sp³-hybridized carbons (Fsp3) is 0.476. The molecule has 6 nitrogen and oxygen atoms in total. The number of rotatable bonds is 7. The molecule has 0 radical (unpaired) electrons. The number of nitrogens with zero attached hydrogens (tertiary/aromatic N) is 3. The number of carbonyl (C=O) groups is 1. The van der Waals surface area contributed by atoms with Crippen LogP contribution in [0.5, 0.6) is 0 Å². The Hall–Kier alpha value is -1.68. The highest BCUT2D eigenvalue weighted by molar-refractivity contribution is 14.0. The van der Waals surface area contributed by atoms with Crippen LogP contribution in [0.1, 0.15) is 31.9 Å². The average molecular weight is 527 g/mol. The summed E-state index contributed by atoms with van der Waals surface area (Å²) in [5.41, 5.74) is 7.62. The molecule has 3 rings (SSSR count). The van der Waals surface area contributed by atoms with E-state index in [0.29, 0.717) is 18.9 Å². The number of aliphatic imine (C=N–C) groups is 1. The number of primary amides is 1. The van der Waals surface area contributed by atoms with Gasteiger partial charge in [0.15, 0.2) is 5.96 Å². The van der Waals surface area contributed by atoms with E-state index in [0.717, 1.165) is 61.1 Å². The third kappa shape index (κ3) is 7.26. The molecule has 8 heteroatoms. The van der Waals surface area contributed by atoms with Gasteiger partial charge in [0.05, 0.1) is 5.69 Å². The molecule has 1 aliphatic heterocycles. The number of halogens is 1. The number of thiazole rings is 1. The maximum Gasteiger partial charge on any atom is 0.217 e. The number of carbonyl (C=O) groups excluding carboxylic acids is 1. The second-order valence-corrected chi connectivity index (χ2v) is 7.98. The Bertz CT molecular complexity index is 795. The molecule has 1 aromatic heterocycles. The minimum atomic E-state index is -0.216. The standard InChI is InChI=1S/C21H29N5OS.HI/c1-2-23-21(26-12-6-7-16(14-26)13-19(22)27)24-11-10-18-15-28-20(25-18)17-8-4-3-5-9-17;/h3-5,8-9,15-16H,2,6-7,10-14H2,1H3,(H2,22,27)(H,23,24);1H. The van der Waals surface area contributed by atoms with Crippen molar-refractivity contribution in [2.75, 3.05) is 26.2 Å². The van der Waals surface area contributed by atoms with Crippen LogP contribution in [-0.4, -0.2) is 47.9 Å². The van der Waals surface area contributed by atoms with Crippen molar-refractivity contribution in [1.29, 1.82) is 0 Å². The van der Waals surface area contributed by atoms with Gasteiger partial charge in [-0.3, -0.25) is 9.79 Å². The minimum absolute atomic E-state index is 0. The van der Waals surface area contributed by atoms with E-state index in [4.69, 9.17) is 15.7 Å². The van der Waals surface area contributed by atoms with Gasteiger partial charge in [-0.05, 0) is 25.7 Å². The number of benzene rings is 1. The summed E-state index contributed by atoms with van der Waals surface area (Å²) in [7, 11) is 0. The third-order valence-corrected chi connectivity index (χ3v) is 5.79. The maximum absolute atomic E-state index is 11.3. The first kappa shape index (κ1) is 23.6. The highest BCUT2D eigenvalue weighted by Gasteiger charge is 2.23. The number of hydrogen-bond donors (Lipinski definition) is 2. The van der Waals surface area contributed by atoms with E-state index >= 15 is 0 Å². The summed E-state index contributed by atoms with van der Waals surface area (Å²) < 4.78 is 0. The molecule has 0 saturated carbocycles. The zero-order valence-electron chi connectivity index (χ0n) is 16.8. The summed E-state index contributed by atoms with van der Waals surface area (Å²) >= 11 is 1.68. The van der Waals surface area contributed by atoms with Gasteiger partial charge in [0.25, 0.3) is 0 Å². The first-order chi connectivity index (χ1) is 13.7. The van der Waals surface area contributed by atoms with E-state index < -0.39 is 0 Å². The smallest absolute Gasteiger partial charge is 0.217 e. The highest BCUT2D eigenvalue weighted by atomic mass is 127. The molecule has 1 aliphatic rings. The van der Waals surface area contributed by atoms with Crippen molar-refractivity contribution in [3.8, 4) is 10.6 Å². The van der Waals surface area contributed by atoms with Crippen LogP contribution in [0.3, 0.4) is 0 Å². The fourth-order valence-corrected chi connectivity index (χ4v) is 4.41. The maximum atomic E-state index is 11.3. The fourth-order valence-electron chi connectivity index (χ4n) is 3.55. The van der Waals surface area contributed by atoms with Gasteiger partial charge in [0.2, 0.25) is 5.91 Å². The average Bonchev–Trinajstić information content (AvgIpc) is 3.17. The van der Waals surface area contributed by atoms with Crippen molar-refractivity contribution < 1.29 is 4.79 Å². The Morgan fingerprint density at radius 3 is 2.90 bits per heavy atom. The van der Waals surface area contributed by atoms with E-state index in [1.54, 1.807) is 11.3 Å². The molecule has 2 heterocycles. The molecule has 0 spiro atoms. The number of nitrogens with two attached hydrogens (primary N) is 1. The summed E-state index contributed by atoms with van der Waals surface area (Å²) in [6, 6.07) is 10.3. The molecule has 1 saturated heterocycles. The monoisotopic (exact) mass is 527 g/mol. The first-order valence-electron chi connectivity index (χ1n) is 9.97. The molecule has 2 aromatic rings. The van der Waals surface area contributed by atoms with Crippen LogP contribution in [-0.2, 0) is 11.2 Å². The van der Waals surface area contributed by atoms with Gasteiger partial charge in [-0.15, -0.1) is 35.3 Å². The zero-order valence-corrected chi connectivity index (χ0v) is 20.0. The van der Waals surface area contributed by atoms with Crippen LogP contribution in [0.4, 0.5) is 0 Å². The van der Waals surface area contributed by atoms with Crippen molar-refractivity contribution >= 4 is 47.2 Å². The lowest BCUT2D eigenvalue weighted by Gasteiger charge is -2.34. The predicted octanol–water partition coefficient (Wildman–Crippen LogP) is 3.52. The molecule has 0 bridgehead atoms. The number of hydrogen-bond acceptors (Lipinski definition) is 4. The van der Waals surface area contributed by atoms with Gasteiger partial charge in [-0.2, -0.15) is 0 Å². The van der Waals surface area contributed by atoms with Crippen molar-refractivity contribution in [1.82, 2.24) is 15.2 Å². The highest BCUT2D eigenvalue weighted by Crippen LogP contribution is 2.23. The molecule has 1 atom stereocenters. The van der Waals surface area contributed by atoms with Crippen LogP contribution in [0.25, 0.3) is 10.6 Å². The minimum Gasteiger partial charge on any atom is -0.370 e. The summed E-state index contributed by atoms with van der Waals surface area (Å²) in [5, 5.41) is 6.56. The lowest BCUT2D eigenvalue weighted by molar-refractivity contribution is -0.119. The normalized spacial score (nSPS) is 16.9. The van der Waals surface area contributed by atoms with E-state index in [1.165, 1.54) is 0 Å². The lowest BCUT2D eigenvalue weighted by atomic mass is 9.95. The Morgan fingerprint density at radius 1 is 1.38 bits per heavy atom. The molecule has 1 aromatic carbocycles. The second-order valence-electron chi connectivity index (χ2n) is 7.12. The van der Waals surface area contributed by atoms with Crippen molar-refractivity contribution in [2.24, 2.45) is 16.6 Å². The van der Waals surface area contributed by atoms with Crippen LogP contribution in [0.2, 0.25) is 0 Å². The van der Waals surface area contributed by atoms with Gasteiger partial charge >= 0.3 is 0 Å². The molecule has 0 aliphatic carbocycles. The Balaban J connectivity index is 0.00000300. The zero-order chi connectivity index (χ0) is 19.8. The van der Waals surface area contributed by atoms with E-state index in [9.17, 15) is 4.79 Å². The van der Waals surface area contributed by atoms with Gasteiger partial charge in [0.1, 0.15) is 5.01 Å². The lowest BCUT2D eigenvalue weighted by Crippen LogP contribution is -2.47. The molecule has 1 unspecified atom stereocenters. The largest absolute Gasteiger partial charge is 0.370 e. The van der Waals surface area contributed by atoms with Crippen LogP contribution in [0, 0.1) is 5.92 Å². The van der Waals surface area contributed by atoms with Crippen molar-refractivity contribution in [3.05, 3.63) is 41.4 Å². The number of guanidine groups is 1. The summed E-state index contributed by atoms with van der Waals surface area (Å²) in [4.78, 5) is 23.1. The first-order valence-corrected chi connectivity index (χ1v) is 10.8. The topological polar surface area (TPSA) is 83.6 Å². The SMILES string of the molecule is CCNC(=NCCc1csc(-c2ccccc2)n1)N1CCCC(CC(N)=O)C1.I. The number of aromatic nitrogens is 1. The van der Waals surface area contributed by atoms with E-state index in [1.807, 2.05) is 18.2 Å². The van der Waals surface area contributed by atoms with Gasteiger partial charge in [-0.1, -0.05) is 30.3 Å². The molecular formula is C21H30IN5OS. The van der Waals surface area contributed by atoms with Crippen LogP contribution < -0.4 is 11.1 Å².